The summed E-state index contributed by atoms with van der Waals surface area (Å²) in [5.74, 6) is -1.68. The van der Waals surface area contributed by atoms with Crippen molar-refractivity contribution < 1.29 is 22.4 Å². The van der Waals surface area contributed by atoms with Crippen molar-refractivity contribution in [1.29, 1.82) is 0 Å². The van der Waals surface area contributed by atoms with Crippen molar-refractivity contribution in [3.63, 3.8) is 0 Å². The summed E-state index contributed by atoms with van der Waals surface area (Å²) in [4.78, 5) is 11.5. The molecule has 112 valence electrons. The summed E-state index contributed by atoms with van der Waals surface area (Å²) in [5, 5.41) is 5.19. The van der Waals surface area contributed by atoms with Crippen LogP contribution in [0.25, 0.3) is 0 Å². The Morgan fingerprint density at radius 1 is 1.35 bits per heavy atom. The lowest BCUT2D eigenvalue weighted by Gasteiger charge is -2.14. The molecule has 20 heavy (non-hydrogen) atoms. The van der Waals surface area contributed by atoms with Gasteiger partial charge in [0.1, 0.15) is 5.82 Å². The van der Waals surface area contributed by atoms with Crippen LogP contribution in [0.3, 0.4) is 0 Å². The molecule has 0 saturated carbocycles. The molecule has 0 fully saturated rings. The average molecular weight is 292 g/mol. The molecule has 0 bridgehead atoms. The van der Waals surface area contributed by atoms with Crippen LogP contribution in [0, 0.1) is 5.82 Å². The zero-order chi connectivity index (χ0) is 15.3. The summed E-state index contributed by atoms with van der Waals surface area (Å²) in [6.45, 7) is 3.54. The minimum atomic E-state index is -4.76. The van der Waals surface area contributed by atoms with Crippen LogP contribution in [0.4, 0.5) is 23.2 Å². The first-order chi connectivity index (χ1) is 9.24. The Hall–Kier alpha value is -1.79. The summed E-state index contributed by atoms with van der Waals surface area (Å²) in [6, 6.07) is 2.51. The van der Waals surface area contributed by atoms with Crippen molar-refractivity contribution in [3.8, 4) is 0 Å². The van der Waals surface area contributed by atoms with E-state index < -0.39 is 17.6 Å². The lowest BCUT2D eigenvalue weighted by atomic mass is 10.2. The molecule has 1 amide bonds. The third-order valence-corrected chi connectivity index (χ3v) is 2.74. The fourth-order valence-corrected chi connectivity index (χ4v) is 1.46. The van der Waals surface area contributed by atoms with Gasteiger partial charge in [-0.1, -0.05) is 6.92 Å². The topological polar surface area (TPSA) is 41.1 Å². The highest BCUT2D eigenvalue weighted by atomic mass is 19.4. The Morgan fingerprint density at radius 2 is 2.00 bits per heavy atom. The molecule has 1 aromatic rings. The Kier molecular flexibility index (Phi) is 5.35. The Bertz CT molecular complexity index is 474. The van der Waals surface area contributed by atoms with Crippen molar-refractivity contribution in [2.24, 2.45) is 0 Å². The first-order valence-electron chi connectivity index (χ1n) is 6.14. The van der Waals surface area contributed by atoms with Gasteiger partial charge in [-0.2, -0.15) is 13.2 Å². The van der Waals surface area contributed by atoms with Crippen molar-refractivity contribution in [3.05, 3.63) is 29.6 Å². The smallest absolute Gasteiger partial charge is 0.376 e. The van der Waals surface area contributed by atoms with Crippen LogP contribution in [0.15, 0.2) is 18.2 Å². The number of halogens is 4. The van der Waals surface area contributed by atoms with E-state index in [0.29, 0.717) is 6.07 Å². The van der Waals surface area contributed by atoms with Crippen LogP contribution in [-0.4, -0.2) is 18.5 Å². The quantitative estimate of drug-likeness (QED) is 0.818. The minimum absolute atomic E-state index is 0.0109. The molecule has 0 heterocycles. The van der Waals surface area contributed by atoms with Crippen molar-refractivity contribution in [1.82, 2.24) is 5.32 Å². The van der Waals surface area contributed by atoms with Gasteiger partial charge in [0, 0.05) is 11.7 Å². The first-order valence-corrected chi connectivity index (χ1v) is 6.14. The van der Waals surface area contributed by atoms with E-state index in [-0.39, 0.29) is 24.2 Å². The van der Waals surface area contributed by atoms with E-state index in [9.17, 15) is 22.4 Å². The molecule has 1 aromatic carbocycles. The normalized spacial score (nSPS) is 12.9. The van der Waals surface area contributed by atoms with Crippen LogP contribution < -0.4 is 10.6 Å². The maximum atomic E-state index is 13.1. The van der Waals surface area contributed by atoms with Crippen molar-refractivity contribution in [2.75, 3.05) is 11.9 Å². The summed E-state index contributed by atoms with van der Waals surface area (Å²) in [5.41, 5.74) is -1.32. The molecule has 0 spiro atoms. The van der Waals surface area contributed by atoms with E-state index in [4.69, 9.17) is 0 Å². The number of hydrogen-bond acceptors (Lipinski definition) is 2. The zero-order valence-electron chi connectivity index (χ0n) is 11.1. The highest BCUT2D eigenvalue weighted by Crippen LogP contribution is 2.32. The molecule has 7 heteroatoms. The number of hydrogen-bond donors (Lipinski definition) is 2. The van der Waals surface area contributed by atoms with Gasteiger partial charge in [0.05, 0.1) is 12.1 Å². The minimum Gasteiger partial charge on any atom is -0.376 e. The second-order valence-electron chi connectivity index (χ2n) is 4.42. The molecule has 0 aliphatic rings. The average Bonchev–Trinajstić information content (AvgIpc) is 2.36. The Balaban J connectivity index is 2.68. The fraction of sp³-hybridized carbons (Fsp3) is 0.462. The predicted molar refractivity (Wildman–Crippen MR) is 67.8 cm³/mol. The summed E-state index contributed by atoms with van der Waals surface area (Å²) in [6.07, 6.45) is -4.01. The molecule has 2 N–H and O–H groups in total. The largest absolute Gasteiger partial charge is 0.419 e. The predicted octanol–water partition coefficient (Wildman–Crippen LogP) is 3.17. The number of amides is 1. The van der Waals surface area contributed by atoms with Crippen molar-refractivity contribution >= 4 is 11.6 Å². The lowest BCUT2D eigenvalue weighted by Crippen LogP contribution is -2.36. The molecular weight excluding hydrogens is 276 g/mol. The van der Waals surface area contributed by atoms with Gasteiger partial charge in [0.25, 0.3) is 0 Å². The molecule has 0 saturated heterocycles. The summed E-state index contributed by atoms with van der Waals surface area (Å²) < 4.78 is 50.6. The summed E-state index contributed by atoms with van der Waals surface area (Å²) in [7, 11) is 0. The van der Waals surface area contributed by atoms with Crippen LogP contribution in [0.1, 0.15) is 25.8 Å². The van der Waals surface area contributed by atoms with Crippen molar-refractivity contribution in [2.45, 2.75) is 32.5 Å². The van der Waals surface area contributed by atoms with Gasteiger partial charge >= 0.3 is 6.18 Å². The maximum Gasteiger partial charge on any atom is 0.419 e. The molecule has 0 radical (unpaired) electrons. The number of alkyl halides is 3. The van der Waals surface area contributed by atoms with Gasteiger partial charge < -0.3 is 10.6 Å². The lowest BCUT2D eigenvalue weighted by molar-refractivity contribution is -0.139. The number of benzene rings is 1. The van der Waals surface area contributed by atoms with E-state index in [2.05, 4.69) is 10.6 Å². The number of anilines is 1. The van der Waals surface area contributed by atoms with Crippen LogP contribution in [-0.2, 0) is 11.0 Å². The number of nitrogens with one attached hydrogen (secondary N) is 2. The third-order valence-electron chi connectivity index (χ3n) is 2.74. The van der Waals surface area contributed by atoms with Gasteiger partial charge in [0.15, 0.2) is 0 Å². The molecule has 1 rings (SSSR count). The highest BCUT2D eigenvalue weighted by molar-refractivity contribution is 5.80. The fourth-order valence-electron chi connectivity index (χ4n) is 1.46. The van der Waals surface area contributed by atoms with E-state index in [0.717, 1.165) is 18.6 Å². The van der Waals surface area contributed by atoms with Gasteiger partial charge in [-0.25, -0.2) is 4.39 Å². The van der Waals surface area contributed by atoms with Crippen LogP contribution >= 0.6 is 0 Å². The molecular formula is C13H16F4N2O. The summed E-state index contributed by atoms with van der Waals surface area (Å²) >= 11 is 0. The molecule has 3 nitrogen and oxygen atoms in total. The highest BCUT2D eigenvalue weighted by Gasteiger charge is 2.34. The van der Waals surface area contributed by atoms with E-state index in [1.54, 1.807) is 0 Å². The zero-order valence-corrected chi connectivity index (χ0v) is 11.1. The maximum absolute atomic E-state index is 13.1. The van der Waals surface area contributed by atoms with E-state index in [1.807, 2.05) is 13.8 Å². The van der Waals surface area contributed by atoms with Crippen LogP contribution in [0.2, 0.25) is 0 Å². The van der Waals surface area contributed by atoms with Crippen LogP contribution in [0.5, 0.6) is 0 Å². The SMILES string of the molecule is CCC(C)NC(=O)CNc1ccc(F)c(C(F)(F)F)c1. The monoisotopic (exact) mass is 292 g/mol. The second-order valence-corrected chi connectivity index (χ2v) is 4.42. The van der Waals surface area contributed by atoms with Gasteiger partial charge in [-0.05, 0) is 31.5 Å². The number of rotatable bonds is 5. The van der Waals surface area contributed by atoms with Gasteiger partial charge in [0.2, 0.25) is 5.91 Å². The number of carbonyl (C=O) groups is 1. The molecule has 0 aliphatic carbocycles. The molecule has 1 atom stereocenters. The first kappa shape index (κ1) is 16.3. The van der Waals surface area contributed by atoms with E-state index in [1.165, 1.54) is 0 Å². The molecule has 0 aromatic heterocycles. The Labute approximate surface area is 114 Å². The second kappa shape index (κ2) is 6.58. The standard InChI is InChI=1S/C13H16F4N2O/c1-3-8(2)19-12(20)7-18-9-4-5-11(14)10(6-9)13(15,16)17/h4-6,8,18H,3,7H2,1-2H3,(H,19,20). The Morgan fingerprint density at radius 3 is 2.55 bits per heavy atom. The third kappa shape index (κ3) is 4.71. The molecule has 0 aliphatic heterocycles. The van der Waals surface area contributed by atoms with Gasteiger partial charge in [-0.3, -0.25) is 4.79 Å². The molecule has 1 unspecified atom stereocenters. The van der Waals surface area contributed by atoms with Gasteiger partial charge in [-0.15, -0.1) is 0 Å². The number of carbonyl (C=O) groups excluding carboxylic acids is 1. The van der Waals surface area contributed by atoms with E-state index >= 15 is 0 Å².